The van der Waals surface area contributed by atoms with Gasteiger partial charge in [0.05, 0.1) is 48.3 Å². The second kappa shape index (κ2) is 64.9. The van der Waals surface area contributed by atoms with Crippen LogP contribution >= 0.6 is 10.7 Å². The molecule has 0 amide bonds. The van der Waals surface area contributed by atoms with Crippen molar-refractivity contribution in [1.82, 2.24) is 40.0 Å². The molecule has 0 spiro atoms. The summed E-state index contributed by atoms with van der Waals surface area (Å²) in [5.74, 6) is 6.23. The molecule has 26 heteroatoms. The third-order valence-corrected chi connectivity index (χ3v) is 30.6. The molecule has 756 valence electrons. The van der Waals surface area contributed by atoms with E-state index in [0.29, 0.717) is 50.7 Å². The van der Waals surface area contributed by atoms with E-state index in [0.717, 1.165) is 76.4 Å². The molecule has 7 aliphatic rings. The minimum atomic E-state index is -4.06. The molecular formula is C112H164ClN8NaO13S3. The van der Waals surface area contributed by atoms with Crippen molar-refractivity contribution in [3.8, 4) is 11.8 Å². The van der Waals surface area contributed by atoms with Crippen LogP contribution in [0.1, 0.15) is 357 Å². The first-order chi connectivity index (χ1) is 65.9. The van der Waals surface area contributed by atoms with Gasteiger partial charge in [-0.15, -0.1) is 10.2 Å². The molecule has 0 radical (unpaired) electrons. The number of unbranched alkanes of at least 4 members (excludes halogenated alkanes) is 1. The average Bonchev–Trinajstić information content (AvgIpc) is 0.760. The van der Waals surface area contributed by atoms with Gasteiger partial charge < -0.3 is 9.79 Å². The van der Waals surface area contributed by atoms with Crippen LogP contribution in [0.4, 0.5) is 0 Å². The summed E-state index contributed by atoms with van der Waals surface area (Å²) in [6.07, 6.45) is 54.6. The summed E-state index contributed by atoms with van der Waals surface area (Å²) in [4.78, 5) is 60.0. The van der Waals surface area contributed by atoms with Gasteiger partial charge in [-0.1, -0.05) is 409 Å². The SMILES string of the molecule is C.C1CCC(C2CCCCC2)CC1.C1CCC(C2CCCCC2)CC1.CC.CC.CC.CC.CCCC.Cc1ccc(S(=O)(=O)Cl)cc1.Cc1ccc(S(=O)(=O)Oc2n[nH]c(=O)c3ccccc23)cc1.Cc1ccc(S(=O)(=O)Oc2nn(CCC3CCCCC3)c(=O)c3ccccc23)cc1.O=c1[nH][nH]c(=O)c2ccccc12.O=c1c2ccccc2c(C2CCCCC2)nn1CCC1CCCCC1.[H-].[Na+]. The van der Waals surface area contributed by atoms with Crippen LogP contribution in [-0.2, 0) is 42.4 Å². The molecule has 7 aromatic carbocycles. The molecule has 0 unspecified atom stereocenters. The number of aromatic nitrogens is 8. The Morgan fingerprint density at radius 2 is 0.609 bits per heavy atom. The van der Waals surface area contributed by atoms with Crippen molar-refractivity contribution >= 4 is 83.1 Å². The summed E-state index contributed by atoms with van der Waals surface area (Å²) in [5.41, 5.74) is 3.01. The monoisotopic (exact) mass is 1980 g/mol. The molecule has 138 heavy (non-hydrogen) atoms. The molecule has 4 heterocycles. The first-order valence-corrected chi connectivity index (χ1v) is 56.7. The second-order valence-electron chi connectivity index (χ2n) is 36.2. The number of hydrogen-bond acceptors (Lipinski definition) is 16. The fraction of sp³-hybridized carbons (Fsp3) is 0.554. The molecule has 18 rings (SSSR count). The van der Waals surface area contributed by atoms with Crippen LogP contribution < -0.4 is 65.7 Å². The third kappa shape index (κ3) is 38.5. The van der Waals surface area contributed by atoms with Gasteiger partial charge in [-0.05, 0) is 161 Å². The minimum Gasteiger partial charge on any atom is -1.00 e. The normalized spacial score (nSPS) is 16.1. The number of aryl methyl sites for hydroxylation is 5. The Kier molecular flexibility index (Phi) is 56.5. The smallest absolute Gasteiger partial charge is 1.00 e. The van der Waals surface area contributed by atoms with E-state index in [1.165, 1.54) is 233 Å². The van der Waals surface area contributed by atoms with Crippen LogP contribution in [0.5, 0.6) is 11.8 Å². The summed E-state index contributed by atoms with van der Waals surface area (Å²) in [5, 5.41) is 23.9. The third-order valence-electron chi connectivity index (χ3n) is 26.8. The minimum absolute atomic E-state index is 0. The largest absolute Gasteiger partial charge is 1.00 e. The zero-order valence-electron chi connectivity index (χ0n) is 85.8. The molecule has 0 atom stereocenters. The molecule has 7 saturated carbocycles. The second-order valence-corrected chi connectivity index (χ2v) is 41.8. The number of benzene rings is 7. The number of rotatable bonds is 17. The van der Waals surface area contributed by atoms with Gasteiger partial charge in [0.2, 0.25) is 0 Å². The number of hydrogen-bond donors (Lipinski definition) is 3. The summed E-state index contributed by atoms with van der Waals surface area (Å²) in [6.45, 7) is 27.2. The molecular weight excluding hydrogens is 1820 g/mol. The predicted molar refractivity (Wildman–Crippen MR) is 570 cm³/mol. The Bertz CT molecular complexity index is 5880. The molecule has 7 fully saturated rings. The zero-order valence-corrected chi connectivity index (χ0v) is 90.1. The van der Waals surface area contributed by atoms with Crippen LogP contribution in [-0.4, -0.2) is 65.2 Å². The predicted octanol–water partition coefficient (Wildman–Crippen LogP) is 26.0. The molecule has 4 aromatic heterocycles. The number of fused-ring (bicyclic) bond motifs is 4. The summed E-state index contributed by atoms with van der Waals surface area (Å²) in [6, 6.07) is 47.2. The van der Waals surface area contributed by atoms with Gasteiger partial charge in [0.1, 0.15) is 9.79 Å². The fourth-order valence-electron chi connectivity index (χ4n) is 19.2. The number of H-pyrrole nitrogens is 3. The van der Waals surface area contributed by atoms with E-state index in [4.69, 9.17) is 24.1 Å². The molecule has 3 N–H and O–H groups in total. The number of nitrogens with zero attached hydrogens (tertiary/aromatic N) is 5. The fourth-order valence-corrected chi connectivity index (χ4v) is 21.8. The standard InChI is InChI=1S/C23H26N2O4S.C22H30N2O.C15H12N2O4S.2C12H22.C8H6N2O2.C7H7ClO2S.C4H10.4C2H6.CH4.Na.H/c1-17-11-13-19(14-12-17)30(27,28)29-22-20-9-5-6-10-21(20)23(26)25(24-22)16-15-18-7-3-2-4-8-18;25-22-20-14-8-7-13-19(20)21(18-11-5-2-6-12-18)23-24(22)16-15-17-9-3-1-4-10-17;1-10-6-8-11(9-7-10)22(19,20)21-15-13-5-3-2-4-12(13)14(18)16-17-15;2*1-3-7-11(8-4-1)12-9-5-2-6-10-12;11-7-5-3-1-2-4-6(5)8(12)10-9-7;1-6-2-4-7(5-3-6)11(8,9)10;1-3-4-2;4*1-2;;;/h5-6,9-14,18H,2-4,7-8,15-16H2,1H3;7-8,13-14,17-18H,1-6,9-12,15-16H2;2-9H,1H3,(H,16,18);2*11-12H,1-10H2;1-4H,(H,9,11)(H,10,12);2-5H,1H3;3-4H2,1-2H3;4*1-2H3;1H4;;/q;;;;;;;;;;;;;+1;-1. The quantitative estimate of drug-likeness (QED) is 0.0433. The van der Waals surface area contributed by atoms with Crippen LogP contribution in [0.25, 0.3) is 43.1 Å². The number of aromatic amines is 3. The van der Waals surface area contributed by atoms with Crippen LogP contribution in [0.15, 0.2) is 209 Å². The van der Waals surface area contributed by atoms with E-state index in [1.54, 1.807) is 165 Å². The van der Waals surface area contributed by atoms with E-state index < -0.39 is 34.8 Å². The van der Waals surface area contributed by atoms with Crippen molar-refractivity contribution in [3.63, 3.8) is 0 Å². The van der Waals surface area contributed by atoms with Gasteiger partial charge in [0.25, 0.3) is 48.6 Å². The Balaban J connectivity index is 0.000000340. The van der Waals surface area contributed by atoms with Gasteiger partial charge >= 0.3 is 49.8 Å². The molecule has 0 aliphatic heterocycles. The van der Waals surface area contributed by atoms with Crippen molar-refractivity contribution < 1.29 is 64.6 Å². The Hall–Kier alpha value is -8.36. The summed E-state index contributed by atoms with van der Waals surface area (Å²) < 4.78 is 85.3. The van der Waals surface area contributed by atoms with Crippen molar-refractivity contribution in [1.29, 1.82) is 0 Å². The maximum Gasteiger partial charge on any atom is 1.00 e. The summed E-state index contributed by atoms with van der Waals surface area (Å²) >= 11 is 0. The first kappa shape index (κ1) is 120. The van der Waals surface area contributed by atoms with E-state index >= 15 is 0 Å². The zero-order chi connectivity index (χ0) is 98.8. The molecule has 0 saturated heterocycles. The molecule has 7 aliphatic carbocycles. The number of halogens is 1. The molecule has 11 aromatic rings. The maximum absolute atomic E-state index is 12.9. The average molecular weight is 1990 g/mol. The van der Waals surface area contributed by atoms with E-state index in [-0.39, 0.29) is 87.1 Å². The Morgan fingerprint density at radius 3 is 0.942 bits per heavy atom. The van der Waals surface area contributed by atoms with Crippen LogP contribution in [0, 0.1) is 56.3 Å². The van der Waals surface area contributed by atoms with Crippen molar-refractivity contribution in [2.45, 2.75) is 382 Å². The number of nitrogens with one attached hydrogen (secondary N) is 3. The van der Waals surface area contributed by atoms with Gasteiger partial charge in [0, 0.05) is 35.1 Å². The van der Waals surface area contributed by atoms with Gasteiger partial charge in [-0.25, -0.2) is 22.9 Å². The van der Waals surface area contributed by atoms with Gasteiger partial charge in [-0.2, -0.15) is 21.9 Å². The van der Waals surface area contributed by atoms with E-state index in [9.17, 15) is 49.2 Å². The molecule has 0 bridgehead atoms. The summed E-state index contributed by atoms with van der Waals surface area (Å²) in [7, 11) is -6.55. The van der Waals surface area contributed by atoms with Crippen molar-refractivity contribution in [3.05, 3.63) is 244 Å². The Labute approximate surface area is 853 Å². The van der Waals surface area contributed by atoms with Crippen molar-refractivity contribution in [2.75, 3.05) is 0 Å². The van der Waals surface area contributed by atoms with Gasteiger partial charge in [-0.3, -0.25) is 34.2 Å². The maximum atomic E-state index is 12.9. The Morgan fingerprint density at radius 1 is 0.341 bits per heavy atom. The van der Waals surface area contributed by atoms with Crippen molar-refractivity contribution in [2.24, 2.45) is 35.5 Å². The van der Waals surface area contributed by atoms with E-state index in [2.05, 4.69) is 45.4 Å². The molecule has 21 nitrogen and oxygen atoms in total. The van der Waals surface area contributed by atoms with E-state index in [1.807, 2.05) is 94.4 Å². The van der Waals surface area contributed by atoms with Crippen LogP contribution in [0.3, 0.4) is 0 Å². The van der Waals surface area contributed by atoms with Gasteiger partial charge in [0.15, 0.2) is 0 Å². The first-order valence-electron chi connectivity index (χ1n) is 51.6. The topological polar surface area (TPSA) is 302 Å². The van der Waals surface area contributed by atoms with Crippen LogP contribution in [0.2, 0.25) is 0 Å².